The molecule has 1 aliphatic carbocycles. The van der Waals surface area contributed by atoms with Gasteiger partial charge in [0.05, 0.1) is 0 Å². The summed E-state index contributed by atoms with van der Waals surface area (Å²) in [6.45, 7) is 9.40. The number of thiol groups is 1. The van der Waals surface area contributed by atoms with Crippen molar-refractivity contribution in [3.63, 3.8) is 0 Å². The average Bonchev–Trinajstić information content (AvgIpc) is 2.36. The Balaban J connectivity index is 2.58. The minimum Gasteiger partial charge on any atom is -0.300 e. The Labute approximate surface area is 107 Å². The minimum atomic E-state index is 0.515. The van der Waals surface area contributed by atoms with E-state index in [9.17, 15) is 0 Å². The Morgan fingerprint density at radius 2 is 1.81 bits per heavy atom. The van der Waals surface area contributed by atoms with Crippen molar-refractivity contribution in [3.05, 3.63) is 0 Å². The van der Waals surface area contributed by atoms with Gasteiger partial charge in [0.15, 0.2) is 0 Å². The first kappa shape index (κ1) is 14.4. The first-order valence-corrected chi connectivity index (χ1v) is 7.65. The predicted molar refractivity (Wildman–Crippen MR) is 76.4 cm³/mol. The van der Waals surface area contributed by atoms with Crippen molar-refractivity contribution in [2.75, 3.05) is 18.8 Å². The molecule has 1 fully saturated rings. The van der Waals surface area contributed by atoms with E-state index < -0.39 is 0 Å². The molecule has 0 aromatic rings. The lowest BCUT2D eigenvalue weighted by molar-refractivity contribution is 0.101. The van der Waals surface area contributed by atoms with Crippen LogP contribution in [0.4, 0.5) is 0 Å². The molecule has 0 radical (unpaired) electrons. The quantitative estimate of drug-likeness (QED) is 0.690. The summed E-state index contributed by atoms with van der Waals surface area (Å²) in [6, 6.07) is 0.726. The highest BCUT2D eigenvalue weighted by Crippen LogP contribution is 2.38. The van der Waals surface area contributed by atoms with Gasteiger partial charge in [0, 0.05) is 12.6 Å². The molecule has 1 atom stereocenters. The van der Waals surface area contributed by atoms with Gasteiger partial charge < -0.3 is 4.90 Å². The highest BCUT2D eigenvalue weighted by molar-refractivity contribution is 7.80. The summed E-state index contributed by atoms with van der Waals surface area (Å²) < 4.78 is 0. The maximum Gasteiger partial charge on any atom is 0.00644 e. The van der Waals surface area contributed by atoms with E-state index >= 15 is 0 Å². The van der Waals surface area contributed by atoms with Crippen LogP contribution in [0, 0.1) is 5.41 Å². The Hall–Kier alpha value is 0.310. The van der Waals surface area contributed by atoms with E-state index in [0.717, 1.165) is 11.8 Å². The molecule has 0 bridgehead atoms. The third-order valence-electron chi connectivity index (χ3n) is 4.41. The lowest BCUT2D eigenvalue weighted by Gasteiger charge is -2.42. The van der Waals surface area contributed by atoms with E-state index in [1.807, 2.05) is 0 Å². The Morgan fingerprint density at radius 1 is 1.19 bits per heavy atom. The van der Waals surface area contributed by atoms with Crippen LogP contribution >= 0.6 is 12.6 Å². The van der Waals surface area contributed by atoms with Crippen LogP contribution in [0.5, 0.6) is 0 Å². The van der Waals surface area contributed by atoms with Gasteiger partial charge in [-0.3, -0.25) is 0 Å². The van der Waals surface area contributed by atoms with Gasteiger partial charge in [-0.05, 0) is 43.9 Å². The lowest BCUT2D eigenvalue weighted by Crippen LogP contribution is -2.44. The fraction of sp³-hybridized carbons (Fsp3) is 1.00. The van der Waals surface area contributed by atoms with Gasteiger partial charge in [-0.25, -0.2) is 0 Å². The number of hydrogen-bond donors (Lipinski definition) is 1. The number of rotatable bonds is 6. The third-order valence-corrected chi connectivity index (χ3v) is 5.08. The van der Waals surface area contributed by atoms with E-state index in [0.29, 0.717) is 5.41 Å². The molecular formula is C14H29NS. The second-order valence-electron chi connectivity index (χ2n) is 5.54. The Bertz CT molecular complexity index is 187. The van der Waals surface area contributed by atoms with Crippen LogP contribution in [-0.2, 0) is 0 Å². The second-order valence-corrected chi connectivity index (χ2v) is 5.86. The maximum atomic E-state index is 4.63. The van der Waals surface area contributed by atoms with Crippen LogP contribution in [0.3, 0.4) is 0 Å². The SMILES string of the molecule is CCC(C)N(CC)CC1(CS)CCCCC1. The molecule has 2 heteroatoms. The zero-order valence-corrected chi connectivity index (χ0v) is 12.2. The van der Waals surface area contributed by atoms with Crippen LogP contribution in [0.15, 0.2) is 0 Å². The van der Waals surface area contributed by atoms with Gasteiger partial charge in [-0.2, -0.15) is 12.6 Å². The molecule has 16 heavy (non-hydrogen) atoms. The van der Waals surface area contributed by atoms with E-state index in [4.69, 9.17) is 0 Å². The fourth-order valence-electron chi connectivity index (χ4n) is 2.94. The monoisotopic (exact) mass is 243 g/mol. The molecule has 0 aliphatic heterocycles. The molecule has 1 unspecified atom stereocenters. The van der Waals surface area contributed by atoms with Crippen LogP contribution in [0.25, 0.3) is 0 Å². The molecular weight excluding hydrogens is 214 g/mol. The molecule has 1 saturated carbocycles. The molecule has 0 N–H and O–H groups in total. The summed E-state index contributed by atoms with van der Waals surface area (Å²) in [4.78, 5) is 2.65. The minimum absolute atomic E-state index is 0.515. The largest absolute Gasteiger partial charge is 0.300 e. The van der Waals surface area contributed by atoms with Crippen LogP contribution in [0.2, 0.25) is 0 Å². The third kappa shape index (κ3) is 3.66. The van der Waals surface area contributed by atoms with Gasteiger partial charge in [-0.1, -0.05) is 33.1 Å². The Morgan fingerprint density at radius 3 is 2.25 bits per heavy atom. The molecule has 0 heterocycles. The van der Waals surface area contributed by atoms with Crippen molar-refractivity contribution in [2.45, 2.75) is 65.3 Å². The normalized spacial score (nSPS) is 22.3. The van der Waals surface area contributed by atoms with E-state index in [2.05, 4.69) is 38.3 Å². The summed E-state index contributed by atoms with van der Waals surface area (Å²) in [5.74, 6) is 1.07. The number of hydrogen-bond acceptors (Lipinski definition) is 2. The van der Waals surface area contributed by atoms with E-state index in [-0.39, 0.29) is 0 Å². The summed E-state index contributed by atoms with van der Waals surface area (Å²) in [7, 11) is 0. The summed E-state index contributed by atoms with van der Waals surface area (Å²) in [6.07, 6.45) is 8.31. The first-order chi connectivity index (χ1) is 7.67. The van der Waals surface area contributed by atoms with Crippen molar-refractivity contribution >= 4 is 12.6 Å². The first-order valence-electron chi connectivity index (χ1n) is 7.02. The zero-order valence-electron chi connectivity index (χ0n) is 11.3. The molecule has 0 aromatic carbocycles. The van der Waals surface area contributed by atoms with Gasteiger partial charge in [0.1, 0.15) is 0 Å². The van der Waals surface area contributed by atoms with Crippen molar-refractivity contribution in [2.24, 2.45) is 5.41 Å². The Kier molecular flexibility index (Phi) is 6.20. The van der Waals surface area contributed by atoms with Crippen LogP contribution < -0.4 is 0 Å². The molecule has 0 aromatic heterocycles. The average molecular weight is 243 g/mol. The van der Waals surface area contributed by atoms with Gasteiger partial charge >= 0.3 is 0 Å². The lowest BCUT2D eigenvalue weighted by atomic mass is 9.75. The van der Waals surface area contributed by atoms with Gasteiger partial charge in [0.25, 0.3) is 0 Å². The van der Waals surface area contributed by atoms with Gasteiger partial charge in [-0.15, -0.1) is 0 Å². The van der Waals surface area contributed by atoms with Crippen molar-refractivity contribution in [3.8, 4) is 0 Å². The molecule has 0 amide bonds. The second kappa shape index (κ2) is 6.90. The van der Waals surface area contributed by atoms with Crippen LogP contribution in [-0.4, -0.2) is 29.8 Å². The summed E-state index contributed by atoms with van der Waals surface area (Å²) in [5.41, 5.74) is 0.515. The van der Waals surface area contributed by atoms with Crippen molar-refractivity contribution < 1.29 is 0 Å². The highest BCUT2D eigenvalue weighted by Gasteiger charge is 2.33. The van der Waals surface area contributed by atoms with Crippen LogP contribution in [0.1, 0.15) is 59.3 Å². The number of nitrogens with zero attached hydrogens (tertiary/aromatic N) is 1. The standard InChI is InChI=1S/C14H29NS/c1-4-13(3)15(5-2)11-14(12-16)9-7-6-8-10-14/h13,16H,4-12H2,1-3H3. The molecule has 0 spiro atoms. The molecule has 1 aliphatic rings. The topological polar surface area (TPSA) is 3.24 Å². The zero-order chi connectivity index (χ0) is 12.0. The van der Waals surface area contributed by atoms with E-state index in [1.165, 1.54) is 51.6 Å². The molecule has 1 nitrogen and oxygen atoms in total. The smallest absolute Gasteiger partial charge is 0.00644 e. The predicted octanol–water partition coefficient (Wildman–Crippen LogP) is 3.99. The summed E-state index contributed by atoms with van der Waals surface area (Å²) in [5, 5.41) is 0. The van der Waals surface area contributed by atoms with Gasteiger partial charge in [0.2, 0.25) is 0 Å². The fourth-order valence-corrected chi connectivity index (χ4v) is 3.35. The maximum absolute atomic E-state index is 4.63. The van der Waals surface area contributed by atoms with E-state index in [1.54, 1.807) is 0 Å². The highest BCUT2D eigenvalue weighted by atomic mass is 32.1. The van der Waals surface area contributed by atoms with Crippen molar-refractivity contribution in [1.82, 2.24) is 4.90 Å². The van der Waals surface area contributed by atoms with Crippen molar-refractivity contribution in [1.29, 1.82) is 0 Å². The summed E-state index contributed by atoms with van der Waals surface area (Å²) >= 11 is 4.63. The molecule has 1 rings (SSSR count). The molecule has 96 valence electrons. The molecule has 0 saturated heterocycles.